The maximum atomic E-state index is 13.8. The van der Waals surface area contributed by atoms with Crippen molar-refractivity contribution in [1.29, 1.82) is 0 Å². The molecule has 10 nitrogen and oxygen atoms in total. The lowest BCUT2D eigenvalue weighted by Gasteiger charge is -2.35. The van der Waals surface area contributed by atoms with Crippen molar-refractivity contribution in [3.05, 3.63) is 82.8 Å². The van der Waals surface area contributed by atoms with Crippen LogP contribution in [-0.2, 0) is 30.0 Å². The van der Waals surface area contributed by atoms with Gasteiger partial charge in [-0.3, -0.25) is 4.68 Å². The molecule has 0 bridgehead atoms. The van der Waals surface area contributed by atoms with E-state index in [1.165, 1.54) is 3.97 Å². The zero-order chi connectivity index (χ0) is 31.5. The highest BCUT2D eigenvalue weighted by Crippen LogP contribution is 2.37. The predicted octanol–water partition coefficient (Wildman–Crippen LogP) is 4.78. The van der Waals surface area contributed by atoms with Crippen LogP contribution in [0.5, 0.6) is 0 Å². The molecule has 1 fully saturated rings. The average molecular weight is 625 g/mol. The highest BCUT2D eigenvalue weighted by molar-refractivity contribution is 7.90. The van der Waals surface area contributed by atoms with Gasteiger partial charge in [0, 0.05) is 81.5 Å². The molecule has 45 heavy (non-hydrogen) atoms. The maximum absolute atomic E-state index is 13.8. The lowest BCUT2D eigenvalue weighted by molar-refractivity contribution is 0.578. The van der Waals surface area contributed by atoms with E-state index in [9.17, 15) is 8.42 Å². The summed E-state index contributed by atoms with van der Waals surface area (Å²) in [5.41, 5.74) is 6.65. The summed E-state index contributed by atoms with van der Waals surface area (Å²) in [4.78, 5) is 15.5. The molecule has 234 valence electrons. The van der Waals surface area contributed by atoms with E-state index in [2.05, 4.69) is 35.0 Å². The molecular weight excluding hydrogens is 584 g/mol. The topological polar surface area (TPSA) is 101 Å². The zero-order valence-electron chi connectivity index (χ0n) is 26.6. The number of fused-ring (bicyclic) bond motifs is 2. The minimum absolute atomic E-state index is 0.264. The number of nitrogens with one attached hydrogen (secondary N) is 1. The summed E-state index contributed by atoms with van der Waals surface area (Å²) < 4.78 is 31.0. The molecule has 2 aliphatic heterocycles. The minimum atomic E-state index is -3.79. The summed E-state index contributed by atoms with van der Waals surface area (Å²) in [5, 5.41) is 9.09. The first kappa shape index (κ1) is 29.5. The third kappa shape index (κ3) is 5.17. The van der Waals surface area contributed by atoms with Gasteiger partial charge in [0.2, 0.25) is 0 Å². The molecule has 2 aromatic carbocycles. The Morgan fingerprint density at radius 3 is 2.40 bits per heavy atom. The number of rotatable bonds is 6. The quantitative estimate of drug-likeness (QED) is 0.288. The van der Waals surface area contributed by atoms with Gasteiger partial charge in [0.1, 0.15) is 11.6 Å². The maximum Gasteiger partial charge on any atom is 0.268 e. The number of hydrogen-bond donors (Lipinski definition) is 1. The van der Waals surface area contributed by atoms with E-state index < -0.39 is 10.0 Å². The number of aromatic nitrogens is 5. The van der Waals surface area contributed by atoms with E-state index in [-0.39, 0.29) is 4.90 Å². The molecule has 3 aromatic heterocycles. The molecule has 0 amide bonds. The second-order valence-corrected chi connectivity index (χ2v) is 14.4. The van der Waals surface area contributed by atoms with E-state index in [1.54, 1.807) is 18.3 Å². The van der Waals surface area contributed by atoms with E-state index in [1.807, 2.05) is 55.9 Å². The van der Waals surface area contributed by atoms with Crippen LogP contribution < -0.4 is 15.1 Å². The molecule has 0 atom stereocenters. The van der Waals surface area contributed by atoms with Crippen LogP contribution in [0.2, 0.25) is 0 Å². The number of nitrogens with zero attached hydrogens (tertiary/aromatic N) is 7. The van der Waals surface area contributed by atoms with Crippen LogP contribution in [0.25, 0.3) is 22.3 Å². The minimum Gasteiger partial charge on any atom is -0.354 e. The van der Waals surface area contributed by atoms with E-state index >= 15 is 0 Å². The number of hydrogen-bond acceptors (Lipinski definition) is 8. The smallest absolute Gasteiger partial charge is 0.268 e. The fourth-order valence-electron chi connectivity index (χ4n) is 6.57. The van der Waals surface area contributed by atoms with Crippen LogP contribution in [0.1, 0.15) is 47.8 Å². The first-order chi connectivity index (χ1) is 21.6. The van der Waals surface area contributed by atoms with Crippen molar-refractivity contribution in [2.45, 2.75) is 51.5 Å². The van der Waals surface area contributed by atoms with Gasteiger partial charge in [-0.05, 0) is 43.5 Å². The SMILES string of the molecule is Cc1ccc(S(=O)(=O)n2cc(C)c3c(-c4nc5c(c(N6CCNCC6)n4)CN(c4cc(C(C)C)nn4C)CC5)cccc32)cc1. The van der Waals surface area contributed by atoms with Gasteiger partial charge in [-0.2, -0.15) is 5.10 Å². The lowest BCUT2D eigenvalue weighted by Crippen LogP contribution is -2.45. The Kier molecular flexibility index (Phi) is 7.40. The Hall–Kier alpha value is -4.22. The number of benzene rings is 2. The van der Waals surface area contributed by atoms with Crippen LogP contribution in [0.15, 0.2) is 59.6 Å². The Labute approximate surface area is 264 Å². The van der Waals surface area contributed by atoms with Crippen LogP contribution in [0.3, 0.4) is 0 Å². The van der Waals surface area contributed by atoms with Gasteiger partial charge in [-0.15, -0.1) is 0 Å². The molecule has 0 aliphatic carbocycles. The Morgan fingerprint density at radius 2 is 1.69 bits per heavy atom. The van der Waals surface area contributed by atoms with Crippen LogP contribution in [0, 0.1) is 13.8 Å². The Balaban J connectivity index is 1.34. The highest BCUT2D eigenvalue weighted by atomic mass is 32.2. The first-order valence-corrected chi connectivity index (χ1v) is 17.1. The van der Waals surface area contributed by atoms with Crippen molar-refractivity contribution < 1.29 is 8.42 Å². The summed E-state index contributed by atoms with van der Waals surface area (Å²) in [6, 6.07) is 15.0. The summed E-state index contributed by atoms with van der Waals surface area (Å²) in [5.74, 6) is 3.07. The summed E-state index contributed by atoms with van der Waals surface area (Å²) in [6.45, 7) is 13.3. The van der Waals surface area contributed by atoms with Gasteiger partial charge in [-0.25, -0.2) is 22.4 Å². The van der Waals surface area contributed by atoms with Gasteiger partial charge in [0.15, 0.2) is 5.82 Å². The summed E-state index contributed by atoms with van der Waals surface area (Å²) in [6.07, 6.45) is 2.50. The molecule has 0 radical (unpaired) electrons. The lowest BCUT2D eigenvalue weighted by atomic mass is 10.0. The Bertz CT molecular complexity index is 2000. The van der Waals surface area contributed by atoms with Crippen molar-refractivity contribution >= 4 is 32.6 Å². The fraction of sp³-hybridized carbons (Fsp3) is 0.382. The molecule has 1 saturated heterocycles. The van der Waals surface area contributed by atoms with E-state index in [4.69, 9.17) is 15.1 Å². The molecule has 1 N–H and O–H groups in total. The number of piperazine rings is 1. The molecule has 7 rings (SSSR count). The number of anilines is 2. The predicted molar refractivity (Wildman–Crippen MR) is 179 cm³/mol. The molecule has 2 aliphatic rings. The van der Waals surface area contributed by atoms with E-state index in [0.717, 1.165) is 89.8 Å². The second-order valence-electron chi connectivity index (χ2n) is 12.5. The normalized spacial score (nSPS) is 15.7. The highest BCUT2D eigenvalue weighted by Gasteiger charge is 2.29. The third-order valence-corrected chi connectivity index (χ3v) is 10.7. The van der Waals surface area contributed by atoms with Crippen molar-refractivity contribution in [2.24, 2.45) is 7.05 Å². The fourth-order valence-corrected chi connectivity index (χ4v) is 7.98. The average Bonchev–Trinajstić information content (AvgIpc) is 3.61. The molecule has 11 heteroatoms. The summed E-state index contributed by atoms with van der Waals surface area (Å²) in [7, 11) is -1.78. The van der Waals surface area contributed by atoms with Gasteiger partial charge in [0.25, 0.3) is 10.0 Å². The Morgan fingerprint density at radius 1 is 0.933 bits per heavy atom. The molecule has 5 heterocycles. The van der Waals surface area contributed by atoms with Crippen LogP contribution >= 0.6 is 0 Å². The van der Waals surface area contributed by atoms with Gasteiger partial charge < -0.3 is 15.1 Å². The monoisotopic (exact) mass is 624 g/mol. The largest absolute Gasteiger partial charge is 0.354 e. The summed E-state index contributed by atoms with van der Waals surface area (Å²) >= 11 is 0. The van der Waals surface area contributed by atoms with Gasteiger partial charge in [0.05, 0.1) is 21.8 Å². The van der Waals surface area contributed by atoms with E-state index in [0.29, 0.717) is 23.8 Å². The zero-order valence-corrected chi connectivity index (χ0v) is 27.4. The molecule has 5 aromatic rings. The molecular formula is C34H40N8O2S. The molecule has 0 unspecified atom stereocenters. The van der Waals surface area contributed by atoms with Crippen LogP contribution in [0.4, 0.5) is 11.6 Å². The number of aryl methyl sites for hydroxylation is 3. The van der Waals surface area contributed by atoms with Crippen molar-refractivity contribution in [2.75, 3.05) is 42.5 Å². The van der Waals surface area contributed by atoms with Crippen molar-refractivity contribution in [3.63, 3.8) is 0 Å². The van der Waals surface area contributed by atoms with Crippen molar-refractivity contribution in [3.8, 4) is 11.4 Å². The van der Waals surface area contributed by atoms with Crippen molar-refractivity contribution in [1.82, 2.24) is 29.0 Å². The first-order valence-electron chi connectivity index (χ1n) is 15.7. The molecule has 0 spiro atoms. The van der Waals surface area contributed by atoms with Gasteiger partial charge >= 0.3 is 0 Å². The second kappa shape index (κ2) is 11.3. The third-order valence-electron chi connectivity index (χ3n) is 9.05. The van der Waals surface area contributed by atoms with Gasteiger partial charge in [-0.1, -0.05) is 43.7 Å². The molecule has 0 saturated carbocycles. The van der Waals surface area contributed by atoms with Crippen LogP contribution in [-0.4, -0.2) is 64.9 Å². The standard InChI is InChI=1S/C34H40N8O2S/c1-22(2)29-19-31(39(5)38-29)41-16-13-28-27(21-41)34(40-17-14-35-15-18-40)37-33(36-28)26-7-6-8-30-32(26)24(4)20-42(30)45(43,44)25-11-9-23(3)10-12-25/h6-12,19-20,22,35H,13-18,21H2,1-5H3.